The van der Waals surface area contributed by atoms with Crippen molar-refractivity contribution in [3.05, 3.63) is 35.9 Å². The minimum absolute atomic E-state index is 0.402. The van der Waals surface area contributed by atoms with Crippen molar-refractivity contribution in [3.8, 4) is 0 Å². The second kappa shape index (κ2) is 9.39. The predicted octanol–water partition coefficient (Wildman–Crippen LogP) is 1.02. The number of carbonyl (C=O) groups is 2. The van der Waals surface area contributed by atoms with E-state index in [0.29, 0.717) is 39.1 Å². The number of rotatable bonds is 7. The number of aliphatic hydroxyl groups is 1. The maximum atomic E-state index is 12.4. The van der Waals surface area contributed by atoms with E-state index in [-0.39, 0.29) is 0 Å². The Morgan fingerprint density at radius 1 is 1.25 bits per heavy atom. The molecule has 24 heavy (non-hydrogen) atoms. The van der Waals surface area contributed by atoms with Gasteiger partial charge in [-0.15, -0.1) is 0 Å². The van der Waals surface area contributed by atoms with Gasteiger partial charge in [0, 0.05) is 13.1 Å². The third-order valence-corrected chi connectivity index (χ3v) is 4.28. The van der Waals surface area contributed by atoms with Gasteiger partial charge in [-0.25, -0.2) is 0 Å². The van der Waals surface area contributed by atoms with E-state index in [1.54, 1.807) is 4.90 Å². The Bertz CT molecular complexity index is 527. The SMILES string of the molecule is COC(=O)C(CCCc1ccccc1)C(O)C(=O)N1CCOCC1. The molecule has 1 aromatic rings. The van der Waals surface area contributed by atoms with Crippen molar-refractivity contribution in [3.63, 3.8) is 0 Å². The Hall–Kier alpha value is -1.92. The zero-order chi connectivity index (χ0) is 17.4. The number of aryl methyl sites for hydroxylation is 1. The zero-order valence-corrected chi connectivity index (χ0v) is 14.0. The first-order valence-electron chi connectivity index (χ1n) is 8.30. The number of esters is 1. The number of benzene rings is 1. The molecule has 0 aromatic heterocycles. The summed E-state index contributed by atoms with van der Waals surface area (Å²) in [6.07, 6.45) is 0.509. The van der Waals surface area contributed by atoms with Crippen molar-refractivity contribution in [1.29, 1.82) is 0 Å². The van der Waals surface area contributed by atoms with E-state index in [4.69, 9.17) is 9.47 Å². The summed E-state index contributed by atoms with van der Waals surface area (Å²) >= 11 is 0. The van der Waals surface area contributed by atoms with Crippen LogP contribution >= 0.6 is 0 Å². The molecule has 2 rings (SSSR count). The largest absolute Gasteiger partial charge is 0.469 e. The summed E-state index contributed by atoms with van der Waals surface area (Å²) in [6.45, 7) is 1.78. The van der Waals surface area contributed by atoms with Crippen LogP contribution in [0.15, 0.2) is 30.3 Å². The highest BCUT2D eigenvalue weighted by molar-refractivity contribution is 5.87. The molecule has 1 aromatic carbocycles. The zero-order valence-electron chi connectivity index (χ0n) is 14.0. The normalized spacial score (nSPS) is 17.2. The van der Waals surface area contributed by atoms with Crippen LogP contribution in [0.1, 0.15) is 18.4 Å². The van der Waals surface area contributed by atoms with Gasteiger partial charge < -0.3 is 19.5 Å². The van der Waals surface area contributed by atoms with E-state index in [0.717, 1.165) is 12.0 Å². The van der Waals surface area contributed by atoms with Gasteiger partial charge in [-0.05, 0) is 24.8 Å². The van der Waals surface area contributed by atoms with Crippen molar-refractivity contribution in [2.24, 2.45) is 5.92 Å². The van der Waals surface area contributed by atoms with Crippen molar-refractivity contribution < 1.29 is 24.2 Å². The number of hydrogen-bond acceptors (Lipinski definition) is 5. The minimum Gasteiger partial charge on any atom is -0.469 e. The first kappa shape index (κ1) is 18.4. The fourth-order valence-electron chi connectivity index (χ4n) is 2.87. The summed E-state index contributed by atoms with van der Waals surface area (Å²) in [5.41, 5.74) is 1.16. The average molecular weight is 335 g/mol. The van der Waals surface area contributed by atoms with Crippen molar-refractivity contribution in [2.75, 3.05) is 33.4 Å². The van der Waals surface area contributed by atoms with E-state index in [1.165, 1.54) is 7.11 Å². The molecule has 6 nitrogen and oxygen atoms in total. The Morgan fingerprint density at radius 3 is 2.54 bits per heavy atom. The van der Waals surface area contributed by atoms with Gasteiger partial charge in [0.1, 0.15) is 6.10 Å². The topological polar surface area (TPSA) is 76.1 Å². The molecule has 6 heteroatoms. The van der Waals surface area contributed by atoms with Gasteiger partial charge in [-0.2, -0.15) is 0 Å². The monoisotopic (exact) mass is 335 g/mol. The lowest BCUT2D eigenvalue weighted by Crippen LogP contribution is -2.49. The summed E-state index contributed by atoms with van der Waals surface area (Å²) in [5, 5.41) is 10.4. The molecule has 2 atom stereocenters. The Kier molecular flexibility index (Phi) is 7.21. The molecule has 0 radical (unpaired) electrons. The lowest BCUT2D eigenvalue weighted by atomic mass is 9.93. The Balaban J connectivity index is 1.93. The summed E-state index contributed by atoms with van der Waals surface area (Å²) in [7, 11) is 1.28. The summed E-state index contributed by atoms with van der Waals surface area (Å²) < 4.78 is 9.98. The minimum atomic E-state index is -1.37. The first-order valence-corrected chi connectivity index (χ1v) is 8.30. The molecule has 0 aliphatic carbocycles. The molecule has 1 amide bonds. The van der Waals surface area contributed by atoms with Crippen LogP contribution in [0.4, 0.5) is 0 Å². The van der Waals surface area contributed by atoms with Crippen LogP contribution in [-0.4, -0.2) is 61.4 Å². The quantitative estimate of drug-likeness (QED) is 0.753. The number of hydrogen-bond donors (Lipinski definition) is 1. The van der Waals surface area contributed by atoms with Gasteiger partial charge in [-0.3, -0.25) is 9.59 Å². The third-order valence-electron chi connectivity index (χ3n) is 4.28. The van der Waals surface area contributed by atoms with E-state index in [9.17, 15) is 14.7 Å². The van der Waals surface area contributed by atoms with E-state index in [2.05, 4.69) is 0 Å². The van der Waals surface area contributed by atoms with Crippen LogP contribution in [0.5, 0.6) is 0 Å². The second-order valence-electron chi connectivity index (χ2n) is 5.89. The molecule has 1 saturated heterocycles. The third kappa shape index (κ3) is 5.04. The van der Waals surface area contributed by atoms with Crippen LogP contribution in [0.3, 0.4) is 0 Å². The number of nitrogens with zero attached hydrogens (tertiary/aromatic N) is 1. The standard InChI is InChI=1S/C18H25NO5/c1-23-18(22)15(9-5-8-14-6-3-2-4-7-14)16(20)17(21)19-10-12-24-13-11-19/h2-4,6-7,15-16,20H,5,8-13H2,1H3. The lowest BCUT2D eigenvalue weighted by Gasteiger charge is -2.30. The summed E-state index contributed by atoms with van der Waals surface area (Å²) in [6, 6.07) is 9.91. The van der Waals surface area contributed by atoms with Gasteiger partial charge in [0.15, 0.2) is 0 Å². The van der Waals surface area contributed by atoms with Gasteiger partial charge in [-0.1, -0.05) is 30.3 Å². The Labute approximate surface area is 142 Å². The molecule has 1 aliphatic rings. The molecule has 0 saturated carbocycles. The molecule has 0 spiro atoms. The maximum Gasteiger partial charge on any atom is 0.311 e. The van der Waals surface area contributed by atoms with Gasteiger partial charge in [0.05, 0.1) is 26.2 Å². The second-order valence-corrected chi connectivity index (χ2v) is 5.89. The van der Waals surface area contributed by atoms with Gasteiger partial charge >= 0.3 is 5.97 Å². The van der Waals surface area contributed by atoms with Crippen molar-refractivity contribution >= 4 is 11.9 Å². The fraction of sp³-hybridized carbons (Fsp3) is 0.556. The lowest BCUT2D eigenvalue weighted by molar-refractivity contribution is -0.159. The number of carbonyl (C=O) groups excluding carboxylic acids is 2. The number of morpholine rings is 1. The Morgan fingerprint density at radius 2 is 1.92 bits per heavy atom. The van der Waals surface area contributed by atoms with Crippen molar-refractivity contribution in [1.82, 2.24) is 4.90 Å². The van der Waals surface area contributed by atoms with Crippen LogP contribution < -0.4 is 0 Å². The van der Waals surface area contributed by atoms with E-state index >= 15 is 0 Å². The van der Waals surface area contributed by atoms with Crippen LogP contribution in [0.2, 0.25) is 0 Å². The molecule has 2 unspecified atom stereocenters. The highest BCUT2D eigenvalue weighted by Crippen LogP contribution is 2.18. The molecule has 0 bridgehead atoms. The molecule has 132 valence electrons. The number of amides is 1. The maximum absolute atomic E-state index is 12.4. The molecule has 1 fully saturated rings. The fourth-order valence-corrected chi connectivity index (χ4v) is 2.87. The molecule has 1 aliphatic heterocycles. The van der Waals surface area contributed by atoms with E-state index < -0.39 is 23.9 Å². The number of ether oxygens (including phenoxy) is 2. The van der Waals surface area contributed by atoms with Gasteiger partial charge in [0.25, 0.3) is 5.91 Å². The van der Waals surface area contributed by atoms with Crippen molar-refractivity contribution in [2.45, 2.75) is 25.4 Å². The summed E-state index contributed by atoms with van der Waals surface area (Å²) in [5.74, 6) is -1.81. The van der Waals surface area contributed by atoms with Crippen LogP contribution in [-0.2, 0) is 25.5 Å². The molecule has 1 heterocycles. The molecule has 1 N–H and O–H groups in total. The van der Waals surface area contributed by atoms with Crippen LogP contribution in [0.25, 0.3) is 0 Å². The average Bonchev–Trinajstić information content (AvgIpc) is 2.65. The predicted molar refractivity (Wildman–Crippen MR) is 88.3 cm³/mol. The van der Waals surface area contributed by atoms with E-state index in [1.807, 2.05) is 30.3 Å². The first-order chi connectivity index (χ1) is 11.6. The molecular weight excluding hydrogens is 310 g/mol. The highest BCUT2D eigenvalue weighted by atomic mass is 16.5. The van der Waals surface area contributed by atoms with Crippen LogP contribution in [0, 0.1) is 5.92 Å². The summed E-state index contributed by atoms with van der Waals surface area (Å²) in [4.78, 5) is 26.0. The highest BCUT2D eigenvalue weighted by Gasteiger charge is 2.35. The smallest absolute Gasteiger partial charge is 0.311 e. The number of methoxy groups -OCH3 is 1. The number of aliphatic hydroxyl groups excluding tert-OH is 1. The molecular formula is C18H25NO5. The van der Waals surface area contributed by atoms with Gasteiger partial charge in [0.2, 0.25) is 0 Å².